The first-order valence-corrected chi connectivity index (χ1v) is 9.52. The van der Waals surface area contributed by atoms with Gasteiger partial charge in [0.1, 0.15) is 0 Å². The van der Waals surface area contributed by atoms with Crippen LogP contribution < -0.4 is 5.32 Å². The van der Waals surface area contributed by atoms with Crippen LogP contribution in [-0.2, 0) is 24.2 Å². The molecule has 0 spiro atoms. The molecule has 142 valence electrons. The van der Waals surface area contributed by atoms with Gasteiger partial charge in [-0.2, -0.15) is 0 Å². The van der Waals surface area contributed by atoms with Crippen LogP contribution in [0.15, 0.2) is 48.5 Å². The minimum atomic E-state index is -0.198. The van der Waals surface area contributed by atoms with Gasteiger partial charge in [0.25, 0.3) is 0 Å². The molecule has 0 fully saturated rings. The Bertz CT molecular complexity index is 801. The predicted molar refractivity (Wildman–Crippen MR) is 108 cm³/mol. The van der Waals surface area contributed by atoms with Gasteiger partial charge in [0.15, 0.2) is 0 Å². The maximum absolute atomic E-state index is 12.5. The molecule has 0 radical (unpaired) electrons. The first kappa shape index (κ1) is 19.0. The molecule has 1 heterocycles. The van der Waals surface area contributed by atoms with E-state index in [2.05, 4.69) is 24.4 Å². The zero-order valence-corrected chi connectivity index (χ0v) is 16.1. The first-order chi connectivity index (χ1) is 13.1. The lowest BCUT2D eigenvalue weighted by atomic mass is 10.00. The van der Waals surface area contributed by atoms with E-state index in [1.54, 1.807) is 11.9 Å². The molecule has 3 rings (SSSR count). The quantitative estimate of drug-likeness (QED) is 0.879. The largest absolute Gasteiger partial charge is 0.338 e. The fourth-order valence-corrected chi connectivity index (χ4v) is 3.27. The Balaban J connectivity index is 1.47. The predicted octanol–water partition coefficient (Wildman–Crippen LogP) is 3.69. The molecular weight excluding hydrogens is 338 g/mol. The standard InChI is InChI=1S/C22H27N3O2/c1-3-17-8-10-20(11-9-17)23-22(27)24(2)14-13-21(26)25-15-12-18-6-4-5-7-19(18)16-25/h4-11H,3,12-16H2,1-2H3,(H,23,27). The molecule has 0 bridgehead atoms. The van der Waals surface area contributed by atoms with Crippen LogP contribution in [-0.4, -0.2) is 41.9 Å². The molecule has 5 nitrogen and oxygen atoms in total. The van der Waals surface area contributed by atoms with Crippen LogP contribution in [0.3, 0.4) is 0 Å². The van der Waals surface area contributed by atoms with Gasteiger partial charge in [-0.25, -0.2) is 4.79 Å². The van der Waals surface area contributed by atoms with Crippen molar-refractivity contribution in [1.29, 1.82) is 0 Å². The summed E-state index contributed by atoms with van der Waals surface area (Å²) < 4.78 is 0. The van der Waals surface area contributed by atoms with Gasteiger partial charge in [-0.1, -0.05) is 43.3 Å². The van der Waals surface area contributed by atoms with Crippen LogP contribution in [0.1, 0.15) is 30.0 Å². The van der Waals surface area contributed by atoms with Gasteiger partial charge >= 0.3 is 6.03 Å². The molecule has 0 unspecified atom stereocenters. The van der Waals surface area contributed by atoms with Crippen molar-refractivity contribution >= 4 is 17.6 Å². The summed E-state index contributed by atoms with van der Waals surface area (Å²) in [6, 6.07) is 15.9. The van der Waals surface area contributed by atoms with Crippen LogP contribution in [0, 0.1) is 0 Å². The summed E-state index contributed by atoms with van der Waals surface area (Å²) in [5.74, 6) is 0.0939. The lowest BCUT2D eigenvalue weighted by Crippen LogP contribution is -2.39. The summed E-state index contributed by atoms with van der Waals surface area (Å²) in [7, 11) is 1.72. The number of amides is 3. The molecule has 3 amide bonds. The van der Waals surface area contributed by atoms with Crippen molar-refractivity contribution in [2.45, 2.75) is 32.7 Å². The molecule has 2 aromatic carbocycles. The summed E-state index contributed by atoms with van der Waals surface area (Å²) in [6.07, 6.45) is 2.20. The van der Waals surface area contributed by atoms with E-state index >= 15 is 0 Å². The van der Waals surface area contributed by atoms with Crippen molar-refractivity contribution in [3.8, 4) is 0 Å². The second kappa shape index (κ2) is 8.71. The maximum Gasteiger partial charge on any atom is 0.321 e. The molecule has 0 aliphatic carbocycles. The molecule has 0 atom stereocenters. The molecule has 0 aromatic heterocycles. The van der Waals surface area contributed by atoms with Crippen molar-refractivity contribution < 1.29 is 9.59 Å². The Morgan fingerprint density at radius 2 is 1.78 bits per heavy atom. The Hall–Kier alpha value is -2.82. The molecule has 27 heavy (non-hydrogen) atoms. The molecule has 0 saturated carbocycles. The number of hydrogen-bond donors (Lipinski definition) is 1. The summed E-state index contributed by atoms with van der Waals surface area (Å²) >= 11 is 0. The van der Waals surface area contributed by atoms with Crippen molar-refractivity contribution in [2.75, 3.05) is 25.5 Å². The lowest BCUT2D eigenvalue weighted by Gasteiger charge is -2.29. The molecule has 0 saturated heterocycles. The number of fused-ring (bicyclic) bond motifs is 1. The van der Waals surface area contributed by atoms with Crippen LogP contribution in [0.2, 0.25) is 0 Å². The molecular formula is C22H27N3O2. The number of nitrogens with one attached hydrogen (secondary N) is 1. The highest BCUT2D eigenvalue weighted by Crippen LogP contribution is 2.19. The van der Waals surface area contributed by atoms with Crippen LogP contribution in [0.5, 0.6) is 0 Å². The Morgan fingerprint density at radius 3 is 2.48 bits per heavy atom. The second-order valence-corrected chi connectivity index (χ2v) is 6.99. The number of carbonyl (C=O) groups is 2. The van der Waals surface area contributed by atoms with Gasteiger partial charge in [0, 0.05) is 38.8 Å². The summed E-state index contributed by atoms with van der Waals surface area (Å²) in [6.45, 7) is 3.90. The Kier molecular flexibility index (Phi) is 6.12. The number of rotatable bonds is 5. The van der Waals surface area contributed by atoms with Crippen molar-refractivity contribution in [2.24, 2.45) is 0 Å². The number of benzene rings is 2. The third-order valence-electron chi connectivity index (χ3n) is 5.10. The van der Waals surface area contributed by atoms with E-state index in [1.165, 1.54) is 16.7 Å². The van der Waals surface area contributed by atoms with Crippen molar-refractivity contribution in [3.63, 3.8) is 0 Å². The molecule has 5 heteroatoms. The zero-order valence-electron chi connectivity index (χ0n) is 16.1. The Labute approximate surface area is 161 Å². The van der Waals surface area contributed by atoms with E-state index in [0.717, 1.165) is 25.1 Å². The Morgan fingerprint density at radius 1 is 1.07 bits per heavy atom. The van der Waals surface area contributed by atoms with E-state index in [9.17, 15) is 9.59 Å². The topological polar surface area (TPSA) is 52.7 Å². The fourth-order valence-electron chi connectivity index (χ4n) is 3.27. The third-order valence-corrected chi connectivity index (χ3v) is 5.10. The first-order valence-electron chi connectivity index (χ1n) is 9.52. The summed E-state index contributed by atoms with van der Waals surface area (Å²) in [5.41, 5.74) is 4.55. The van der Waals surface area contributed by atoms with Crippen molar-refractivity contribution in [3.05, 3.63) is 65.2 Å². The number of anilines is 1. The zero-order chi connectivity index (χ0) is 19.2. The minimum absolute atomic E-state index is 0.0939. The van der Waals surface area contributed by atoms with E-state index in [1.807, 2.05) is 41.3 Å². The lowest BCUT2D eigenvalue weighted by molar-refractivity contribution is -0.132. The smallest absolute Gasteiger partial charge is 0.321 e. The van der Waals surface area contributed by atoms with E-state index in [-0.39, 0.29) is 11.9 Å². The number of urea groups is 1. The highest BCUT2D eigenvalue weighted by molar-refractivity contribution is 5.89. The number of nitrogens with zero attached hydrogens (tertiary/aromatic N) is 2. The number of carbonyl (C=O) groups excluding carboxylic acids is 2. The van der Waals surface area contributed by atoms with E-state index in [4.69, 9.17) is 0 Å². The van der Waals surface area contributed by atoms with E-state index < -0.39 is 0 Å². The molecule has 1 aliphatic rings. The molecule has 2 aromatic rings. The highest BCUT2D eigenvalue weighted by atomic mass is 16.2. The molecule has 1 N–H and O–H groups in total. The van der Waals surface area contributed by atoms with Gasteiger partial charge in [-0.05, 0) is 41.7 Å². The highest BCUT2D eigenvalue weighted by Gasteiger charge is 2.21. The second-order valence-electron chi connectivity index (χ2n) is 6.99. The van der Waals surface area contributed by atoms with Gasteiger partial charge in [-0.3, -0.25) is 4.79 Å². The monoisotopic (exact) mass is 365 g/mol. The van der Waals surface area contributed by atoms with Gasteiger partial charge in [0.2, 0.25) is 5.91 Å². The summed E-state index contributed by atoms with van der Waals surface area (Å²) in [5, 5.41) is 2.87. The van der Waals surface area contributed by atoms with Crippen LogP contribution in [0.25, 0.3) is 0 Å². The van der Waals surface area contributed by atoms with Crippen LogP contribution >= 0.6 is 0 Å². The fraction of sp³-hybridized carbons (Fsp3) is 0.364. The average molecular weight is 365 g/mol. The van der Waals surface area contributed by atoms with E-state index in [0.29, 0.717) is 19.5 Å². The third kappa shape index (κ3) is 4.88. The van der Waals surface area contributed by atoms with Gasteiger partial charge < -0.3 is 15.1 Å². The number of hydrogen-bond acceptors (Lipinski definition) is 2. The van der Waals surface area contributed by atoms with Gasteiger partial charge in [-0.15, -0.1) is 0 Å². The van der Waals surface area contributed by atoms with Crippen LogP contribution in [0.4, 0.5) is 10.5 Å². The molecule has 1 aliphatic heterocycles. The normalized spacial score (nSPS) is 13.0. The SMILES string of the molecule is CCc1ccc(NC(=O)N(C)CCC(=O)N2CCc3ccccc3C2)cc1. The maximum atomic E-state index is 12.5. The van der Waals surface area contributed by atoms with Gasteiger partial charge in [0.05, 0.1) is 0 Å². The average Bonchev–Trinajstić information content (AvgIpc) is 2.71. The minimum Gasteiger partial charge on any atom is -0.338 e. The number of aryl methyl sites for hydroxylation is 1. The van der Waals surface area contributed by atoms with Crippen molar-refractivity contribution in [1.82, 2.24) is 9.80 Å². The summed E-state index contributed by atoms with van der Waals surface area (Å²) in [4.78, 5) is 28.3.